The lowest BCUT2D eigenvalue weighted by Crippen LogP contribution is -2.14. The number of halogens is 1. The average Bonchev–Trinajstić information content (AvgIpc) is 2.67. The summed E-state index contributed by atoms with van der Waals surface area (Å²) in [5.41, 5.74) is 2.30. The highest BCUT2D eigenvalue weighted by molar-refractivity contribution is 7.92. The molecule has 0 fully saturated rings. The molecule has 0 aliphatic heterocycles. The standard InChI is InChI=1S/C21H18FNO4S/c22-19-9-1-2-10-20(19)28(26,27)23-18-8-4-6-16(14-18)12-11-15-5-3-7-17(13-15)21(24)25/h1-10,13-14,23H,11-12H2,(H,24,25). The van der Waals surface area contributed by atoms with Gasteiger partial charge in [0.2, 0.25) is 0 Å². The number of nitrogens with one attached hydrogen (secondary N) is 1. The monoisotopic (exact) mass is 399 g/mol. The minimum Gasteiger partial charge on any atom is -0.478 e. The fraction of sp³-hybridized carbons (Fsp3) is 0.0952. The number of rotatable bonds is 7. The van der Waals surface area contributed by atoms with Crippen molar-refractivity contribution < 1.29 is 22.7 Å². The van der Waals surface area contributed by atoms with Gasteiger partial charge in [-0.05, 0) is 60.4 Å². The first kappa shape index (κ1) is 19.6. The second kappa shape index (κ2) is 8.22. The summed E-state index contributed by atoms with van der Waals surface area (Å²) in [6.45, 7) is 0. The number of carboxylic acid groups (broad SMARTS) is 1. The molecule has 0 bridgehead atoms. The molecule has 28 heavy (non-hydrogen) atoms. The predicted octanol–water partition coefficient (Wildman–Crippen LogP) is 4.11. The Labute approximate surface area is 162 Å². The predicted molar refractivity (Wildman–Crippen MR) is 104 cm³/mol. The first-order chi connectivity index (χ1) is 13.3. The van der Waals surface area contributed by atoms with Crippen molar-refractivity contribution in [3.63, 3.8) is 0 Å². The summed E-state index contributed by atoms with van der Waals surface area (Å²) in [6, 6.07) is 18.7. The SMILES string of the molecule is O=C(O)c1cccc(CCc2cccc(NS(=O)(=O)c3ccccc3F)c2)c1. The van der Waals surface area contributed by atoms with E-state index in [1.54, 1.807) is 30.3 Å². The second-order valence-electron chi connectivity index (χ2n) is 6.24. The molecule has 0 aromatic heterocycles. The van der Waals surface area contributed by atoms with Gasteiger partial charge in [-0.1, -0.05) is 36.4 Å². The van der Waals surface area contributed by atoms with E-state index < -0.39 is 26.7 Å². The fourth-order valence-corrected chi connectivity index (χ4v) is 3.94. The molecule has 3 rings (SSSR count). The van der Waals surface area contributed by atoms with Crippen molar-refractivity contribution in [3.05, 3.63) is 95.3 Å². The third-order valence-electron chi connectivity index (χ3n) is 4.18. The summed E-state index contributed by atoms with van der Waals surface area (Å²) in [6.07, 6.45) is 1.20. The highest BCUT2D eigenvalue weighted by Crippen LogP contribution is 2.20. The molecule has 3 aromatic carbocycles. The number of carboxylic acids is 1. The molecule has 0 saturated heterocycles. The normalized spacial score (nSPS) is 11.2. The van der Waals surface area contributed by atoms with Crippen LogP contribution in [0.15, 0.2) is 77.7 Å². The Hall–Kier alpha value is -3.19. The molecule has 7 heteroatoms. The molecule has 0 aliphatic carbocycles. The van der Waals surface area contributed by atoms with Crippen LogP contribution >= 0.6 is 0 Å². The van der Waals surface area contributed by atoms with Crippen LogP contribution < -0.4 is 4.72 Å². The van der Waals surface area contributed by atoms with E-state index >= 15 is 0 Å². The van der Waals surface area contributed by atoms with Crippen LogP contribution in [0.5, 0.6) is 0 Å². The van der Waals surface area contributed by atoms with Crippen molar-refractivity contribution in [2.75, 3.05) is 4.72 Å². The molecule has 5 nitrogen and oxygen atoms in total. The van der Waals surface area contributed by atoms with Crippen LogP contribution in [0, 0.1) is 5.82 Å². The Morgan fingerprint density at radius 3 is 2.21 bits per heavy atom. The van der Waals surface area contributed by atoms with Crippen LogP contribution in [0.4, 0.5) is 10.1 Å². The largest absolute Gasteiger partial charge is 0.478 e. The number of aromatic carboxylic acids is 1. The Kier molecular flexibility index (Phi) is 5.75. The molecular weight excluding hydrogens is 381 g/mol. The van der Waals surface area contributed by atoms with Crippen molar-refractivity contribution in [2.24, 2.45) is 0 Å². The van der Waals surface area contributed by atoms with Gasteiger partial charge in [-0.3, -0.25) is 4.72 Å². The Bertz CT molecular complexity index is 1110. The lowest BCUT2D eigenvalue weighted by Gasteiger charge is -2.10. The molecule has 0 saturated carbocycles. The number of sulfonamides is 1. The van der Waals surface area contributed by atoms with Gasteiger partial charge >= 0.3 is 5.97 Å². The highest BCUT2D eigenvalue weighted by Gasteiger charge is 2.18. The first-order valence-electron chi connectivity index (χ1n) is 8.54. The zero-order chi connectivity index (χ0) is 20.1. The van der Waals surface area contributed by atoms with Gasteiger partial charge in [0.15, 0.2) is 0 Å². The maximum Gasteiger partial charge on any atom is 0.335 e. The Morgan fingerprint density at radius 2 is 1.54 bits per heavy atom. The summed E-state index contributed by atoms with van der Waals surface area (Å²) in [7, 11) is -4.03. The van der Waals surface area contributed by atoms with Crippen molar-refractivity contribution in [1.29, 1.82) is 0 Å². The number of hydrogen-bond acceptors (Lipinski definition) is 3. The highest BCUT2D eigenvalue weighted by atomic mass is 32.2. The minimum atomic E-state index is -4.03. The van der Waals surface area contributed by atoms with E-state index in [1.165, 1.54) is 24.3 Å². The molecule has 0 spiro atoms. The van der Waals surface area contributed by atoms with Gasteiger partial charge in [0.1, 0.15) is 10.7 Å². The number of benzene rings is 3. The molecule has 0 radical (unpaired) electrons. The second-order valence-corrected chi connectivity index (χ2v) is 7.89. The summed E-state index contributed by atoms with van der Waals surface area (Å²) < 4.78 is 41.0. The van der Waals surface area contributed by atoms with Crippen molar-refractivity contribution in [3.8, 4) is 0 Å². The topological polar surface area (TPSA) is 83.5 Å². The van der Waals surface area contributed by atoms with Crippen molar-refractivity contribution in [2.45, 2.75) is 17.7 Å². The maximum absolute atomic E-state index is 13.8. The van der Waals surface area contributed by atoms with Crippen molar-refractivity contribution in [1.82, 2.24) is 0 Å². The van der Waals surface area contributed by atoms with Gasteiger partial charge in [-0.15, -0.1) is 0 Å². The molecule has 0 unspecified atom stereocenters. The summed E-state index contributed by atoms with van der Waals surface area (Å²) in [4.78, 5) is 10.6. The fourth-order valence-electron chi connectivity index (χ4n) is 2.81. The van der Waals surface area contributed by atoms with Crippen LogP contribution in [0.3, 0.4) is 0 Å². The van der Waals surface area contributed by atoms with Gasteiger partial charge in [0.25, 0.3) is 10.0 Å². The van der Waals surface area contributed by atoms with Crippen LogP contribution in [0.25, 0.3) is 0 Å². The van der Waals surface area contributed by atoms with Gasteiger partial charge < -0.3 is 5.11 Å². The van der Waals surface area contributed by atoms with E-state index in [2.05, 4.69) is 4.72 Å². The van der Waals surface area contributed by atoms with Crippen LogP contribution in [-0.4, -0.2) is 19.5 Å². The van der Waals surface area contributed by atoms with Crippen molar-refractivity contribution >= 4 is 21.7 Å². The minimum absolute atomic E-state index is 0.226. The number of carbonyl (C=O) groups is 1. The summed E-state index contributed by atoms with van der Waals surface area (Å²) >= 11 is 0. The molecule has 144 valence electrons. The third-order valence-corrected chi connectivity index (χ3v) is 5.60. The molecule has 3 aromatic rings. The smallest absolute Gasteiger partial charge is 0.335 e. The molecule has 0 aliphatic rings. The van der Waals surface area contributed by atoms with E-state index in [-0.39, 0.29) is 5.56 Å². The van der Waals surface area contributed by atoms with Gasteiger partial charge in [-0.2, -0.15) is 0 Å². The lowest BCUT2D eigenvalue weighted by molar-refractivity contribution is 0.0696. The quantitative estimate of drug-likeness (QED) is 0.626. The van der Waals surface area contributed by atoms with E-state index in [9.17, 15) is 17.6 Å². The van der Waals surface area contributed by atoms with E-state index in [4.69, 9.17) is 5.11 Å². The summed E-state index contributed by atoms with van der Waals surface area (Å²) in [5, 5.41) is 9.06. The first-order valence-corrected chi connectivity index (χ1v) is 10.0. The lowest BCUT2D eigenvalue weighted by atomic mass is 10.0. The molecule has 2 N–H and O–H groups in total. The van der Waals surface area contributed by atoms with E-state index in [0.717, 1.165) is 17.2 Å². The molecule has 0 atom stereocenters. The van der Waals surface area contributed by atoms with Crippen LogP contribution in [-0.2, 0) is 22.9 Å². The number of aryl methyl sites for hydroxylation is 2. The van der Waals surface area contributed by atoms with Gasteiger partial charge in [0, 0.05) is 5.69 Å². The zero-order valence-electron chi connectivity index (χ0n) is 14.8. The summed E-state index contributed by atoms with van der Waals surface area (Å²) in [5.74, 6) is -1.80. The average molecular weight is 399 g/mol. The van der Waals surface area contributed by atoms with Crippen LogP contribution in [0.2, 0.25) is 0 Å². The maximum atomic E-state index is 13.8. The third kappa shape index (κ3) is 4.75. The van der Waals surface area contributed by atoms with E-state index in [0.29, 0.717) is 18.5 Å². The Morgan fingerprint density at radius 1 is 0.893 bits per heavy atom. The molecular formula is C21H18FNO4S. The van der Waals surface area contributed by atoms with Gasteiger partial charge in [0.05, 0.1) is 5.56 Å². The molecule has 0 amide bonds. The van der Waals surface area contributed by atoms with E-state index in [1.807, 2.05) is 12.1 Å². The number of anilines is 1. The number of hydrogen-bond donors (Lipinski definition) is 2. The zero-order valence-corrected chi connectivity index (χ0v) is 15.6. The Balaban J connectivity index is 1.73. The van der Waals surface area contributed by atoms with Crippen LogP contribution in [0.1, 0.15) is 21.5 Å². The molecule has 0 heterocycles. The van der Waals surface area contributed by atoms with Gasteiger partial charge in [-0.25, -0.2) is 17.6 Å².